The zero-order valence-corrected chi connectivity index (χ0v) is 14.8. The first kappa shape index (κ1) is 18.4. The van der Waals surface area contributed by atoms with Crippen molar-refractivity contribution in [2.75, 3.05) is 39.5 Å². The molecular weight excluding hydrogens is 334 g/mol. The summed E-state index contributed by atoms with van der Waals surface area (Å²) >= 11 is 3.49. The lowest BCUT2D eigenvalue weighted by Gasteiger charge is -2.23. The molecule has 0 aromatic heterocycles. The monoisotopic (exact) mass is 359 g/mol. The van der Waals surface area contributed by atoms with Gasteiger partial charge in [-0.3, -0.25) is 4.90 Å². The quantitative estimate of drug-likeness (QED) is 0.650. The predicted molar refractivity (Wildman–Crippen MR) is 88.8 cm³/mol. The SMILES string of the molecule is CCOCCN(CCOCC)Cc1cc(Br)cc(C)c1O. The third-order valence-electron chi connectivity index (χ3n) is 3.25. The zero-order valence-electron chi connectivity index (χ0n) is 13.2. The second kappa shape index (κ2) is 10.2. The standard InChI is InChI=1S/C16H26BrNO3/c1-4-20-8-6-18(7-9-21-5-2)12-14-11-15(17)10-13(3)16(14)19/h10-11,19H,4-9,12H2,1-3H3. The number of nitrogens with zero attached hydrogens (tertiary/aromatic N) is 1. The Morgan fingerprint density at radius 2 is 1.67 bits per heavy atom. The number of aromatic hydroxyl groups is 1. The Morgan fingerprint density at radius 1 is 1.10 bits per heavy atom. The van der Waals surface area contributed by atoms with E-state index in [1.54, 1.807) is 0 Å². The van der Waals surface area contributed by atoms with Crippen molar-refractivity contribution < 1.29 is 14.6 Å². The van der Waals surface area contributed by atoms with Crippen LogP contribution in [0.3, 0.4) is 0 Å². The lowest BCUT2D eigenvalue weighted by atomic mass is 10.1. The first-order valence-corrected chi connectivity index (χ1v) is 8.23. The summed E-state index contributed by atoms with van der Waals surface area (Å²) in [6.45, 7) is 11.1. The zero-order chi connectivity index (χ0) is 15.7. The van der Waals surface area contributed by atoms with Crippen molar-refractivity contribution in [1.82, 2.24) is 4.90 Å². The molecule has 1 N–H and O–H groups in total. The van der Waals surface area contributed by atoms with Crippen LogP contribution in [0.25, 0.3) is 0 Å². The predicted octanol–water partition coefficient (Wildman–Crippen LogP) is 3.34. The van der Waals surface area contributed by atoms with Gasteiger partial charge in [0.1, 0.15) is 5.75 Å². The van der Waals surface area contributed by atoms with Crippen LogP contribution in [0.15, 0.2) is 16.6 Å². The Bertz CT molecular complexity index is 416. The molecule has 1 rings (SSSR count). The van der Waals surface area contributed by atoms with E-state index in [9.17, 15) is 5.11 Å². The van der Waals surface area contributed by atoms with Crippen LogP contribution in [-0.2, 0) is 16.0 Å². The summed E-state index contributed by atoms with van der Waals surface area (Å²) in [6, 6.07) is 3.89. The van der Waals surface area contributed by atoms with Crippen LogP contribution in [0.1, 0.15) is 25.0 Å². The van der Waals surface area contributed by atoms with E-state index in [1.165, 1.54) is 0 Å². The number of phenolic OH excluding ortho intramolecular Hbond substituents is 1. The number of ether oxygens (including phenoxy) is 2. The fourth-order valence-electron chi connectivity index (χ4n) is 2.11. The second-order valence-corrected chi connectivity index (χ2v) is 5.82. The Hall–Kier alpha value is -0.620. The van der Waals surface area contributed by atoms with E-state index in [0.29, 0.717) is 25.5 Å². The Kier molecular flexibility index (Phi) is 8.92. The summed E-state index contributed by atoms with van der Waals surface area (Å²) in [5, 5.41) is 10.2. The minimum atomic E-state index is 0.371. The van der Waals surface area contributed by atoms with Crippen molar-refractivity contribution in [2.45, 2.75) is 27.3 Å². The van der Waals surface area contributed by atoms with Crippen LogP contribution in [-0.4, -0.2) is 49.5 Å². The van der Waals surface area contributed by atoms with Gasteiger partial charge in [-0.05, 0) is 38.5 Å². The van der Waals surface area contributed by atoms with Crippen LogP contribution >= 0.6 is 15.9 Å². The van der Waals surface area contributed by atoms with E-state index < -0.39 is 0 Å². The summed E-state index contributed by atoms with van der Waals surface area (Å²) < 4.78 is 11.9. The maximum absolute atomic E-state index is 10.2. The van der Waals surface area contributed by atoms with E-state index in [1.807, 2.05) is 32.9 Å². The lowest BCUT2D eigenvalue weighted by Crippen LogP contribution is -2.30. The fourth-order valence-corrected chi connectivity index (χ4v) is 2.73. The molecule has 0 unspecified atom stereocenters. The van der Waals surface area contributed by atoms with Gasteiger partial charge in [0.2, 0.25) is 0 Å². The Balaban J connectivity index is 2.69. The van der Waals surface area contributed by atoms with Gasteiger partial charge in [-0.15, -0.1) is 0 Å². The van der Waals surface area contributed by atoms with Crippen LogP contribution < -0.4 is 0 Å². The summed E-state index contributed by atoms with van der Waals surface area (Å²) in [5.41, 5.74) is 1.81. The second-order valence-electron chi connectivity index (χ2n) is 4.90. The Morgan fingerprint density at radius 3 is 2.19 bits per heavy atom. The maximum Gasteiger partial charge on any atom is 0.123 e. The molecule has 1 aromatic carbocycles. The van der Waals surface area contributed by atoms with Gasteiger partial charge in [0, 0.05) is 42.9 Å². The highest BCUT2D eigenvalue weighted by atomic mass is 79.9. The van der Waals surface area contributed by atoms with Crippen molar-refractivity contribution in [3.63, 3.8) is 0 Å². The number of phenols is 1. The van der Waals surface area contributed by atoms with Gasteiger partial charge in [-0.25, -0.2) is 0 Å². The van der Waals surface area contributed by atoms with Gasteiger partial charge in [0.05, 0.1) is 13.2 Å². The van der Waals surface area contributed by atoms with E-state index in [-0.39, 0.29) is 0 Å². The van der Waals surface area contributed by atoms with Crippen molar-refractivity contribution in [3.8, 4) is 5.75 Å². The molecule has 0 spiro atoms. The van der Waals surface area contributed by atoms with E-state index in [4.69, 9.17) is 9.47 Å². The molecule has 0 saturated heterocycles. The van der Waals surface area contributed by atoms with Crippen LogP contribution in [0.2, 0.25) is 0 Å². The van der Waals surface area contributed by atoms with Crippen molar-refractivity contribution in [2.24, 2.45) is 0 Å². The van der Waals surface area contributed by atoms with Crippen molar-refractivity contribution in [1.29, 1.82) is 0 Å². The molecule has 0 bridgehead atoms. The molecule has 1 aromatic rings. The molecule has 5 heteroatoms. The first-order chi connectivity index (χ1) is 10.1. The molecule has 0 amide bonds. The molecule has 0 heterocycles. The van der Waals surface area contributed by atoms with Gasteiger partial charge in [-0.1, -0.05) is 15.9 Å². The molecule has 0 aliphatic rings. The minimum absolute atomic E-state index is 0.371. The molecule has 120 valence electrons. The van der Waals surface area contributed by atoms with Crippen molar-refractivity contribution >= 4 is 15.9 Å². The average Bonchev–Trinajstić information content (AvgIpc) is 2.44. The van der Waals surface area contributed by atoms with Crippen LogP contribution in [0.4, 0.5) is 0 Å². The van der Waals surface area contributed by atoms with Gasteiger partial charge in [-0.2, -0.15) is 0 Å². The minimum Gasteiger partial charge on any atom is -0.507 e. The number of aryl methyl sites for hydroxylation is 1. The summed E-state index contributed by atoms with van der Waals surface area (Å²) in [4.78, 5) is 2.24. The Labute approximate surface area is 136 Å². The topological polar surface area (TPSA) is 41.9 Å². The molecule has 0 saturated carbocycles. The van der Waals surface area contributed by atoms with Gasteiger partial charge < -0.3 is 14.6 Å². The molecule has 0 radical (unpaired) electrons. The fraction of sp³-hybridized carbons (Fsp3) is 0.625. The molecule has 0 aliphatic carbocycles. The number of benzene rings is 1. The molecular formula is C16H26BrNO3. The van der Waals surface area contributed by atoms with E-state index in [0.717, 1.165) is 41.9 Å². The smallest absolute Gasteiger partial charge is 0.123 e. The number of rotatable bonds is 10. The first-order valence-electron chi connectivity index (χ1n) is 7.44. The van der Waals surface area contributed by atoms with Gasteiger partial charge in [0.15, 0.2) is 0 Å². The molecule has 0 atom stereocenters. The molecule has 4 nitrogen and oxygen atoms in total. The van der Waals surface area contributed by atoms with Crippen LogP contribution in [0, 0.1) is 6.92 Å². The summed E-state index contributed by atoms with van der Waals surface area (Å²) in [6.07, 6.45) is 0. The highest BCUT2D eigenvalue weighted by Gasteiger charge is 2.11. The average molecular weight is 360 g/mol. The van der Waals surface area contributed by atoms with Gasteiger partial charge >= 0.3 is 0 Å². The lowest BCUT2D eigenvalue weighted by molar-refractivity contribution is 0.0794. The summed E-state index contributed by atoms with van der Waals surface area (Å²) in [5.74, 6) is 0.371. The van der Waals surface area contributed by atoms with Crippen molar-refractivity contribution in [3.05, 3.63) is 27.7 Å². The number of hydrogen-bond donors (Lipinski definition) is 1. The van der Waals surface area contributed by atoms with Gasteiger partial charge in [0.25, 0.3) is 0 Å². The number of halogens is 1. The number of hydrogen-bond acceptors (Lipinski definition) is 4. The van der Waals surface area contributed by atoms with Crippen LogP contribution in [0.5, 0.6) is 5.75 Å². The molecule has 21 heavy (non-hydrogen) atoms. The highest BCUT2D eigenvalue weighted by molar-refractivity contribution is 9.10. The van der Waals surface area contributed by atoms with E-state index >= 15 is 0 Å². The van der Waals surface area contributed by atoms with E-state index in [2.05, 4.69) is 20.8 Å². The highest BCUT2D eigenvalue weighted by Crippen LogP contribution is 2.27. The largest absolute Gasteiger partial charge is 0.507 e. The third-order valence-corrected chi connectivity index (χ3v) is 3.71. The normalized spacial score (nSPS) is 11.3. The molecule has 0 aliphatic heterocycles. The summed E-state index contributed by atoms with van der Waals surface area (Å²) in [7, 11) is 0. The third kappa shape index (κ3) is 6.78. The maximum atomic E-state index is 10.2. The molecule has 0 fully saturated rings.